The molecule has 22 heteroatoms. The maximum absolute atomic E-state index is 15.4. The van der Waals surface area contributed by atoms with Gasteiger partial charge in [0.25, 0.3) is 0 Å². The smallest absolute Gasteiger partial charge is 0.189 e. The second kappa shape index (κ2) is 30.9. The first-order chi connectivity index (χ1) is 54.1. The number of hydrogen-bond acceptors (Lipinski definition) is 19. The molecule has 0 saturated carbocycles. The molecular formula is C89H90O15S7. The average Bonchev–Trinajstić information content (AvgIpc) is 1.53. The Bertz CT molecular complexity index is 5160. The number of hydrogen-bond donors (Lipinski definition) is 2. The number of thiophene rings is 4. The van der Waals surface area contributed by atoms with Crippen LogP contribution in [0, 0.1) is 6.92 Å². The zero-order valence-electron chi connectivity index (χ0n) is 62.6. The summed E-state index contributed by atoms with van der Waals surface area (Å²) in [6.45, 7) is 12.3. The molecule has 2 N–H and O–H groups in total. The van der Waals surface area contributed by atoms with Gasteiger partial charge in [-0.3, -0.25) is 0 Å². The minimum Gasteiger partial charge on any atom is -0.491 e. The molecule has 0 spiro atoms. The fraction of sp³-hybridized carbons (Fsp3) is 0.371. The van der Waals surface area contributed by atoms with E-state index in [1.54, 1.807) is 23.1 Å². The molecule has 9 unspecified atom stereocenters. The van der Waals surface area contributed by atoms with Crippen molar-refractivity contribution in [3.63, 3.8) is 0 Å². The Kier molecular flexibility index (Phi) is 20.8. The summed E-state index contributed by atoms with van der Waals surface area (Å²) < 4.78 is 117. The highest BCUT2D eigenvalue weighted by atomic mass is 32.3. The molecule has 15 nitrogen and oxygen atoms in total. The largest absolute Gasteiger partial charge is 0.491 e. The summed E-state index contributed by atoms with van der Waals surface area (Å²) in [4.78, 5) is 6.79. The van der Waals surface area contributed by atoms with E-state index >= 15 is 4.21 Å². The molecule has 8 aliphatic rings. The third kappa shape index (κ3) is 13.9. The van der Waals surface area contributed by atoms with Gasteiger partial charge in [0.2, 0.25) is 0 Å². The van der Waals surface area contributed by atoms with Crippen LogP contribution < -0.4 is 37.9 Å². The van der Waals surface area contributed by atoms with Crippen LogP contribution in [0.25, 0.3) is 29.3 Å². The first-order valence-corrected chi connectivity index (χ1v) is 45.8. The predicted octanol–water partition coefficient (Wildman–Crippen LogP) is 21.9. The summed E-state index contributed by atoms with van der Waals surface area (Å²) in [6, 6.07) is 65.7. The van der Waals surface area contributed by atoms with Crippen LogP contribution in [0.5, 0.6) is 46.0 Å². The lowest BCUT2D eigenvalue weighted by molar-refractivity contribution is -0.0531. The van der Waals surface area contributed by atoms with Gasteiger partial charge in [-0.15, -0.1) is 57.1 Å². The van der Waals surface area contributed by atoms with Crippen LogP contribution in [0.15, 0.2) is 187 Å². The normalized spacial score (nSPS) is 22.4. The van der Waals surface area contributed by atoms with E-state index in [4.69, 9.17) is 56.8 Å². The molecule has 111 heavy (non-hydrogen) atoms. The lowest BCUT2D eigenvalue weighted by Crippen LogP contribution is -2.57. The van der Waals surface area contributed by atoms with Crippen molar-refractivity contribution in [2.24, 2.45) is 0 Å². The summed E-state index contributed by atoms with van der Waals surface area (Å²) in [6.07, 6.45) is 5.55. The zero-order valence-corrected chi connectivity index (χ0v) is 68.4. The minimum atomic E-state index is -5.80. The van der Waals surface area contributed by atoms with E-state index in [1.165, 1.54) is 67.4 Å². The van der Waals surface area contributed by atoms with Crippen LogP contribution >= 0.6 is 68.9 Å². The fourth-order valence-corrected chi connectivity index (χ4v) is 28.6. The average molecular weight is 1620 g/mol. The lowest BCUT2D eigenvalue weighted by atomic mass is 9.72. The molecule has 2 saturated heterocycles. The number of thioether (sulfide) groups is 2. The Morgan fingerprint density at radius 1 is 0.387 bits per heavy atom. The van der Waals surface area contributed by atoms with Gasteiger partial charge in [0.1, 0.15) is 93.3 Å². The highest BCUT2D eigenvalue weighted by Gasteiger charge is 2.69. The summed E-state index contributed by atoms with van der Waals surface area (Å²) in [7, 11) is -5.80. The molecule has 18 rings (SSSR count). The molecule has 8 aliphatic heterocycles. The molecule has 12 heterocycles. The van der Waals surface area contributed by atoms with E-state index in [9.17, 15) is 9.11 Å². The second-order valence-electron chi connectivity index (χ2n) is 30.1. The fourth-order valence-electron chi connectivity index (χ4n) is 17.6. The van der Waals surface area contributed by atoms with Crippen LogP contribution in [0.3, 0.4) is 0 Å². The van der Waals surface area contributed by atoms with Crippen LogP contribution in [0.2, 0.25) is 0 Å². The molecule has 0 amide bonds. The van der Waals surface area contributed by atoms with Gasteiger partial charge in [-0.2, -0.15) is 0 Å². The third-order valence-corrected chi connectivity index (χ3v) is 34.6. The van der Waals surface area contributed by atoms with Crippen LogP contribution in [-0.4, -0.2) is 111 Å². The van der Waals surface area contributed by atoms with Gasteiger partial charge < -0.3 is 65.9 Å². The lowest BCUT2D eigenvalue weighted by Gasteiger charge is -2.47. The molecule has 2 fully saturated rings. The van der Waals surface area contributed by atoms with Crippen LogP contribution in [-0.2, 0) is 37.4 Å². The van der Waals surface area contributed by atoms with Gasteiger partial charge in [0.15, 0.2) is 56.2 Å². The summed E-state index contributed by atoms with van der Waals surface area (Å²) in [5.41, 5.74) is 9.43. The predicted molar refractivity (Wildman–Crippen MR) is 447 cm³/mol. The van der Waals surface area contributed by atoms with Crippen molar-refractivity contribution in [1.82, 2.24) is 0 Å². The van der Waals surface area contributed by atoms with E-state index < -0.39 is 30.7 Å². The molecule has 0 bridgehead atoms. The van der Waals surface area contributed by atoms with E-state index in [0.717, 1.165) is 92.3 Å². The van der Waals surface area contributed by atoms with Gasteiger partial charge in [-0.1, -0.05) is 202 Å². The Morgan fingerprint density at radius 3 is 1.19 bits per heavy atom. The number of ether oxygens (including phenoxy) is 12. The highest BCUT2D eigenvalue weighted by molar-refractivity contribution is 8.26. The summed E-state index contributed by atoms with van der Waals surface area (Å²) in [5.74, 6) is 6.88. The van der Waals surface area contributed by atoms with Crippen molar-refractivity contribution in [3.8, 4) is 65.5 Å². The van der Waals surface area contributed by atoms with Gasteiger partial charge in [-0.05, 0) is 127 Å². The Hall–Kier alpha value is -7.71. The van der Waals surface area contributed by atoms with Gasteiger partial charge >= 0.3 is 0 Å². The van der Waals surface area contributed by atoms with E-state index in [1.807, 2.05) is 6.92 Å². The quantitative estimate of drug-likeness (QED) is 0.0585. The Labute approximate surface area is 673 Å². The molecule has 10 aromatic rings. The summed E-state index contributed by atoms with van der Waals surface area (Å²) in [5, 5.41) is 0. The van der Waals surface area contributed by atoms with Gasteiger partial charge in [0, 0.05) is 11.1 Å². The maximum atomic E-state index is 15.4. The molecule has 10 atom stereocenters. The monoisotopic (exact) mass is 1620 g/mol. The van der Waals surface area contributed by atoms with Crippen molar-refractivity contribution < 1.29 is 70.2 Å². The van der Waals surface area contributed by atoms with Crippen LogP contribution in [0.4, 0.5) is 0 Å². The van der Waals surface area contributed by atoms with Crippen LogP contribution in [0.1, 0.15) is 153 Å². The van der Waals surface area contributed by atoms with Gasteiger partial charge in [-0.25, -0.2) is 4.21 Å². The third-order valence-electron chi connectivity index (χ3n) is 23.0. The molecule has 6 aromatic carbocycles. The van der Waals surface area contributed by atoms with E-state index in [0.29, 0.717) is 123 Å². The number of rotatable bonds is 24. The van der Waals surface area contributed by atoms with E-state index in [-0.39, 0.29) is 68.0 Å². The first kappa shape index (κ1) is 74.7. The van der Waals surface area contributed by atoms with Crippen molar-refractivity contribution in [2.45, 2.75) is 123 Å². The van der Waals surface area contributed by atoms with Gasteiger partial charge in [0.05, 0.1) is 61.9 Å². The Morgan fingerprint density at radius 2 is 0.730 bits per heavy atom. The topological polar surface area (TPSA) is 168 Å². The van der Waals surface area contributed by atoms with Crippen molar-refractivity contribution >= 4 is 88.3 Å². The Balaban J connectivity index is 0.647. The molecule has 4 aromatic heterocycles. The van der Waals surface area contributed by atoms with Crippen molar-refractivity contribution in [1.29, 1.82) is 0 Å². The number of benzene rings is 6. The number of aryl methyl sites for hydroxylation is 1. The highest BCUT2D eigenvalue weighted by Crippen LogP contribution is 2.74. The molecule has 578 valence electrons. The molecule has 0 aliphatic carbocycles. The SMILES string of the molecule is CCC(CC(CC(CC(CC(CC(C)c1ccc(C2(C)SC(c3sc(-c4sc(-c5sc([C@@]6(S(C)(=O)(O)O)SC(c7sc(C)c8c7OCCO8)=C7OCCOC76)c6c5OCCO6)c5c4OCCO5)c4c3OCCO4)=C3OCCOC32)cc1)c1ccccc1)c1ccccc1)c1ccccc1)c1ccccc1)c1ccccc1. The zero-order chi connectivity index (χ0) is 75.6. The van der Waals surface area contributed by atoms with Crippen molar-refractivity contribution in [3.05, 3.63) is 246 Å². The minimum absolute atomic E-state index is 0.0961. The molecule has 0 radical (unpaired) electrons. The maximum Gasteiger partial charge on any atom is 0.189 e. The second-order valence-corrected chi connectivity index (χ2v) is 40.5. The number of fused-ring (bicyclic) bond motifs is 6. The van der Waals surface area contributed by atoms with Crippen molar-refractivity contribution in [2.75, 3.05) is 85.5 Å². The molecular weight excluding hydrogens is 1530 g/mol. The summed E-state index contributed by atoms with van der Waals surface area (Å²) >= 11 is 8.37. The van der Waals surface area contributed by atoms with E-state index in [2.05, 4.69) is 197 Å². The standard InChI is InChI=1S/C89H90O15S7/c1-6-55(57-22-12-7-13-23-57)49-63(59-26-16-9-17-27-59)51-65(61-30-20-11-21-31-61)52-64(60-28-18-10-19-29-60)50-62(58-24-14-8-15-25-58)48-53(2)56-32-34-66(35-33-56)88(4)85-75(101-44-46-103-85)83(109-88)82-72-71(97-40-41-98-72)78(107-82)77-69-70(96-39-38-95-69)79(106-77)80-73-74(100-43-42-99-73)87(108-80)89(111(5,90,91)92)86-76(102-45-47-104-86)84(110-89)81-68-67(54(3)105-81)93-36-37-94-68/h7-35,53,55,62-65,85-86H,6,36-52H2,1-5H3,(H2,90,91,92)/t53?,55?,62?,63?,64?,65?,85?,86?,88?,89-/m1/s1. The first-order valence-electron chi connectivity index (χ1n) is 38.6.